The Kier molecular flexibility index (Phi) is 4.43. The van der Waals surface area contributed by atoms with Gasteiger partial charge < -0.3 is 4.74 Å². The van der Waals surface area contributed by atoms with Crippen LogP contribution in [0, 0.1) is 5.92 Å². The van der Waals surface area contributed by atoms with Gasteiger partial charge in [-0.25, -0.2) is 0 Å². The molecule has 1 aliphatic rings. The number of hydrogen-bond acceptors (Lipinski definition) is 2. The quantitative estimate of drug-likeness (QED) is 0.630. The average Bonchev–Trinajstić information content (AvgIpc) is 2.43. The first-order valence-corrected chi connectivity index (χ1v) is 5.32. The van der Waals surface area contributed by atoms with Crippen molar-refractivity contribution in [2.45, 2.75) is 51.6 Å². The fraction of sp³-hybridized carbons (Fsp3) is 0.909. The van der Waals surface area contributed by atoms with Crippen molar-refractivity contribution in [2.24, 2.45) is 5.92 Å². The minimum atomic E-state index is -0.205. The van der Waals surface area contributed by atoms with Crippen molar-refractivity contribution in [1.82, 2.24) is 0 Å². The highest BCUT2D eigenvalue weighted by Gasteiger charge is 2.24. The van der Waals surface area contributed by atoms with Gasteiger partial charge in [0, 0.05) is 13.0 Å². The van der Waals surface area contributed by atoms with Crippen LogP contribution in [0.1, 0.15) is 45.4 Å². The minimum absolute atomic E-state index is 0.205. The lowest BCUT2D eigenvalue weighted by atomic mass is 9.93. The third-order valence-electron chi connectivity index (χ3n) is 3.01. The van der Waals surface area contributed by atoms with Gasteiger partial charge in [0.1, 0.15) is 6.10 Å². The third kappa shape index (κ3) is 3.11. The van der Waals surface area contributed by atoms with Crippen LogP contribution in [0.5, 0.6) is 0 Å². The van der Waals surface area contributed by atoms with E-state index in [2.05, 4.69) is 0 Å². The van der Waals surface area contributed by atoms with Gasteiger partial charge in [-0.15, -0.1) is 0 Å². The van der Waals surface area contributed by atoms with Gasteiger partial charge in [-0.2, -0.15) is 0 Å². The summed E-state index contributed by atoms with van der Waals surface area (Å²) in [6, 6.07) is 0. The van der Waals surface area contributed by atoms with Gasteiger partial charge in [-0.05, 0) is 19.8 Å². The molecule has 0 heterocycles. The normalized spacial score (nSPS) is 22.3. The lowest BCUT2D eigenvalue weighted by Crippen LogP contribution is -2.27. The van der Waals surface area contributed by atoms with E-state index in [0.29, 0.717) is 5.78 Å². The highest BCUT2D eigenvalue weighted by molar-refractivity contribution is 5.85. The zero-order chi connectivity index (χ0) is 9.68. The summed E-state index contributed by atoms with van der Waals surface area (Å²) >= 11 is 0. The second-order valence-corrected chi connectivity index (χ2v) is 3.97. The van der Waals surface area contributed by atoms with E-state index in [0.717, 1.165) is 12.8 Å². The number of ether oxygens (including phenoxy) is 1. The number of methoxy groups -OCH3 is 1. The number of carbonyl (C=O) groups is 1. The molecule has 1 rings (SSSR count). The molecule has 13 heavy (non-hydrogen) atoms. The van der Waals surface area contributed by atoms with Crippen LogP contribution >= 0.6 is 0 Å². The van der Waals surface area contributed by atoms with Gasteiger partial charge in [0.05, 0.1) is 0 Å². The molecule has 0 amide bonds. The van der Waals surface area contributed by atoms with Crippen LogP contribution < -0.4 is 0 Å². The second-order valence-electron chi connectivity index (χ2n) is 3.97. The minimum Gasteiger partial charge on any atom is -0.374 e. The zero-order valence-corrected chi connectivity index (χ0v) is 8.71. The molecular weight excluding hydrogens is 164 g/mol. The van der Waals surface area contributed by atoms with E-state index in [1.165, 1.54) is 25.7 Å². The summed E-state index contributed by atoms with van der Waals surface area (Å²) in [7, 11) is 1.61. The van der Waals surface area contributed by atoms with E-state index in [-0.39, 0.29) is 12.0 Å². The Morgan fingerprint density at radius 3 is 2.23 bits per heavy atom. The van der Waals surface area contributed by atoms with E-state index in [1.54, 1.807) is 7.11 Å². The van der Waals surface area contributed by atoms with E-state index in [4.69, 9.17) is 4.74 Å². The van der Waals surface area contributed by atoms with Gasteiger partial charge in [0.25, 0.3) is 0 Å². The van der Waals surface area contributed by atoms with Gasteiger partial charge in [-0.3, -0.25) is 4.79 Å². The Labute approximate surface area is 80.7 Å². The fourth-order valence-corrected chi connectivity index (χ4v) is 2.01. The smallest absolute Gasteiger partial charge is 0.164 e. The van der Waals surface area contributed by atoms with Gasteiger partial charge in [0.15, 0.2) is 5.78 Å². The first-order valence-electron chi connectivity index (χ1n) is 5.32. The van der Waals surface area contributed by atoms with E-state index in [9.17, 15) is 4.79 Å². The summed E-state index contributed by atoms with van der Waals surface area (Å²) in [5, 5.41) is 0. The molecule has 0 spiro atoms. The molecule has 1 fully saturated rings. The lowest BCUT2D eigenvalue weighted by Gasteiger charge is -2.16. The molecule has 0 saturated heterocycles. The summed E-state index contributed by atoms with van der Waals surface area (Å²) in [4.78, 5) is 11.8. The molecular formula is C11H20O2. The molecule has 0 radical (unpaired) electrons. The van der Waals surface area contributed by atoms with Crippen LogP contribution in [0.3, 0.4) is 0 Å². The number of carbonyl (C=O) groups excluding carboxylic acids is 1. The van der Waals surface area contributed by atoms with Crippen molar-refractivity contribution in [2.75, 3.05) is 7.11 Å². The molecule has 76 valence electrons. The summed E-state index contributed by atoms with van der Waals surface area (Å²) in [5.74, 6) is 0.585. The molecule has 2 nitrogen and oxygen atoms in total. The van der Waals surface area contributed by atoms with Gasteiger partial charge in [0.2, 0.25) is 0 Å². The van der Waals surface area contributed by atoms with Gasteiger partial charge >= 0.3 is 0 Å². The van der Waals surface area contributed by atoms with Crippen LogP contribution in [0.15, 0.2) is 0 Å². The summed E-state index contributed by atoms with van der Waals surface area (Å²) in [5.41, 5.74) is 0. The van der Waals surface area contributed by atoms with Gasteiger partial charge in [-0.1, -0.05) is 25.7 Å². The van der Waals surface area contributed by atoms with Crippen LogP contribution in [-0.4, -0.2) is 19.0 Å². The number of hydrogen-bond donors (Lipinski definition) is 0. The molecule has 0 bridgehead atoms. The monoisotopic (exact) mass is 184 g/mol. The topological polar surface area (TPSA) is 26.3 Å². The van der Waals surface area contributed by atoms with Crippen LogP contribution in [-0.2, 0) is 9.53 Å². The maximum Gasteiger partial charge on any atom is 0.164 e. The van der Waals surface area contributed by atoms with Crippen molar-refractivity contribution in [3.8, 4) is 0 Å². The highest BCUT2D eigenvalue weighted by Crippen LogP contribution is 2.24. The Bertz CT molecular complexity index is 157. The summed E-state index contributed by atoms with van der Waals surface area (Å²) in [6.07, 6.45) is 6.97. The molecule has 1 aliphatic carbocycles. The second kappa shape index (κ2) is 5.38. The number of Topliss-reactive ketones (excluding diaryl/α,β-unsaturated/α-hetero) is 1. The molecule has 2 heteroatoms. The maximum absolute atomic E-state index is 11.8. The first kappa shape index (κ1) is 10.7. The molecule has 0 aromatic heterocycles. The molecule has 1 unspecified atom stereocenters. The predicted octanol–water partition coefficient (Wildman–Crippen LogP) is 2.56. The molecule has 0 N–H and O–H groups in total. The van der Waals surface area contributed by atoms with E-state index < -0.39 is 0 Å². The number of ketones is 1. The Hall–Kier alpha value is -0.370. The molecule has 0 aromatic carbocycles. The highest BCUT2D eigenvalue weighted by atomic mass is 16.5. The van der Waals surface area contributed by atoms with E-state index in [1.807, 2.05) is 6.92 Å². The summed E-state index contributed by atoms with van der Waals surface area (Å²) in [6.45, 7) is 1.85. The molecule has 1 saturated carbocycles. The molecule has 1 atom stereocenters. The third-order valence-corrected chi connectivity index (χ3v) is 3.01. The summed E-state index contributed by atoms with van der Waals surface area (Å²) < 4.78 is 5.06. The lowest BCUT2D eigenvalue weighted by molar-refractivity contribution is -0.132. The fourth-order valence-electron chi connectivity index (χ4n) is 2.01. The standard InChI is InChI=1S/C11H20O2/c1-9(13-2)11(12)10-7-5-3-4-6-8-10/h9-10H,3-8H2,1-2H3. The van der Waals surface area contributed by atoms with Crippen LogP contribution in [0.2, 0.25) is 0 Å². The molecule has 0 aromatic rings. The predicted molar refractivity (Wildman–Crippen MR) is 52.7 cm³/mol. The van der Waals surface area contributed by atoms with Crippen molar-refractivity contribution < 1.29 is 9.53 Å². The largest absolute Gasteiger partial charge is 0.374 e. The van der Waals surface area contributed by atoms with Crippen molar-refractivity contribution in [3.63, 3.8) is 0 Å². The Balaban J connectivity index is 2.43. The Morgan fingerprint density at radius 1 is 1.23 bits per heavy atom. The van der Waals surface area contributed by atoms with E-state index >= 15 is 0 Å². The van der Waals surface area contributed by atoms with Crippen molar-refractivity contribution in [1.29, 1.82) is 0 Å². The van der Waals surface area contributed by atoms with Crippen molar-refractivity contribution >= 4 is 5.78 Å². The maximum atomic E-state index is 11.8. The SMILES string of the molecule is COC(C)C(=O)C1CCCCCC1. The Morgan fingerprint density at radius 2 is 1.77 bits per heavy atom. The first-order chi connectivity index (χ1) is 6.25. The zero-order valence-electron chi connectivity index (χ0n) is 8.71. The van der Waals surface area contributed by atoms with Crippen LogP contribution in [0.4, 0.5) is 0 Å². The van der Waals surface area contributed by atoms with Crippen molar-refractivity contribution in [3.05, 3.63) is 0 Å². The van der Waals surface area contributed by atoms with Crippen LogP contribution in [0.25, 0.3) is 0 Å². The molecule has 0 aliphatic heterocycles. The number of rotatable bonds is 3. The average molecular weight is 184 g/mol.